The van der Waals surface area contributed by atoms with E-state index in [2.05, 4.69) is 48.5 Å². The summed E-state index contributed by atoms with van der Waals surface area (Å²) in [6.07, 6.45) is 3.02. The number of primary sulfonamides is 1. The lowest BCUT2D eigenvalue weighted by atomic mass is 9.63. The van der Waals surface area contributed by atoms with Crippen LogP contribution in [0.3, 0.4) is 0 Å². The molecule has 3 aliphatic rings. The van der Waals surface area contributed by atoms with E-state index in [1.165, 1.54) is 12.1 Å². The van der Waals surface area contributed by atoms with E-state index in [0.29, 0.717) is 25.8 Å². The molecule has 0 aromatic heterocycles. The number of hydrogen-bond donors (Lipinski definition) is 1. The fourth-order valence-corrected chi connectivity index (χ4v) is 7.17. The lowest BCUT2D eigenvalue weighted by Crippen LogP contribution is -2.45. The van der Waals surface area contributed by atoms with Crippen LogP contribution >= 0.6 is 15.9 Å². The molecular formula is C31H35BrN2O4S. The molecule has 2 aliphatic carbocycles. The number of hydrogen-bond acceptors (Lipinski definition) is 5. The predicted octanol–water partition coefficient (Wildman–Crippen LogP) is 6.02. The summed E-state index contributed by atoms with van der Waals surface area (Å²) in [5.41, 5.74) is 5.11. The lowest BCUT2D eigenvalue weighted by molar-refractivity contribution is -0.119. The summed E-state index contributed by atoms with van der Waals surface area (Å²) in [4.78, 5) is 30.1. The molecule has 0 radical (unpaired) electrons. The van der Waals surface area contributed by atoms with E-state index < -0.39 is 10.0 Å². The second-order valence-electron chi connectivity index (χ2n) is 12.7. The summed E-state index contributed by atoms with van der Waals surface area (Å²) in [5, 5.41) is 5.28. The molecule has 39 heavy (non-hydrogen) atoms. The van der Waals surface area contributed by atoms with Gasteiger partial charge >= 0.3 is 0 Å². The van der Waals surface area contributed by atoms with Crippen LogP contribution in [0.1, 0.15) is 70.4 Å². The molecule has 0 saturated heterocycles. The Balaban J connectivity index is 1.63. The SMILES string of the molecule is CC1(C)CC(=O)C2=C(C1)N(CCc1ccc(S(N)(=O)=O)cc1)C1=C(C(=O)CC(C)(C)C1)C2c1ccc(Br)cc1. The smallest absolute Gasteiger partial charge is 0.238 e. The Bertz CT molecular complexity index is 1460. The van der Waals surface area contributed by atoms with Gasteiger partial charge in [0.1, 0.15) is 0 Å². The van der Waals surface area contributed by atoms with Gasteiger partial charge in [0.25, 0.3) is 0 Å². The zero-order chi connectivity index (χ0) is 28.3. The number of benzene rings is 2. The van der Waals surface area contributed by atoms with Crippen molar-refractivity contribution >= 4 is 37.5 Å². The summed E-state index contributed by atoms with van der Waals surface area (Å²) in [6, 6.07) is 14.6. The zero-order valence-corrected chi connectivity index (χ0v) is 25.3. The van der Waals surface area contributed by atoms with E-state index in [4.69, 9.17) is 5.14 Å². The van der Waals surface area contributed by atoms with Gasteiger partial charge in [-0.05, 0) is 65.5 Å². The van der Waals surface area contributed by atoms with Crippen LogP contribution in [0.15, 0.2) is 80.4 Å². The van der Waals surface area contributed by atoms with Crippen molar-refractivity contribution in [3.63, 3.8) is 0 Å². The van der Waals surface area contributed by atoms with Gasteiger partial charge in [0, 0.05) is 52.3 Å². The van der Waals surface area contributed by atoms with E-state index in [9.17, 15) is 18.0 Å². The van der Waals surface area contributed by atoms with Crippen LogP contribution in [0.5, 0.6) is 0 Å². The molecule has 0 saturated carbocycles. The van der Waals surface area contributed by atoms with Crippen LogP contribution in [0.4, 0.5) is 0 Å². The van der Waals surface area contributed by atoms with Gasteiger partial charge in [0.15, 0.2) is 11.6 Å². The number of Topliss-reactive ketones (excluding diaryl/α,β-unsaturated/α-hetero) is 2. The number of nitrogens with zero attached hydrogens (tertiary/aromatic N) is 1. The molecule has 0 bridgehead atoms. The van der Waals surface area contributed by atoms with Crippen molar-refractivity contribution in [1.29, 1.82) is 0 Å². The van der Waals surface area contributed by atoms with Gasteiger partial charge in [-0.2, -0.15) is 0 Å². The Kier molecular flexibility index (Phi) is 7.05. The maximum Gasteiger partial charge on any atom is 0.238 e. The van der Waals surface area contributed by atoms with Crippen molar-refractivity contribution in [1.82, 2.24) is 4.90 Å². The van der Waals surface area contributed by atoms with Crippen molar-refractivity contribution in [2.24, 2.45) is 16.0 Å². The van der Waals surface area contributed by atoms with Gasteiger partial charge in [-0.3, -0.25) is 9.59 Å². The van der Waals surface area contributed by atoms with Crippen LogP contribution in [0.2, 0.25) is 0 Å². The first-order valence-electron chi connectivity index (χ1n) is 13.3. The van der Waals surface area contributed by atoms with Crippen molar-refractivity contribution < 1.29 is 18.0 Å². The number of nitrogens with two attached hydrogens (primary N) is 1. The Morgan fingerprint density at radius 2 is 1.31 bits per heavy atom. The first-order valence-corrected chi connectivity index (χ1v) is 15.7. The van der Waals surface area contributed by atoms with Gasteiger partial charge in [-0.15, -0.1) is 0 Å². The molecule has 0 fully saturated rings. The van der Waals surface area contributed by atoms with Crippen molar-refractivity contribution in [3.05, 3.63) is 86.7 Å². The van der Waals surface area contributed by atoms with Gasteiger partial charge < -0.3 is 4.90 Å². The summed E-state index contributed by atoms with van der Waals surface area (Å²) in [6.45, 7) is 9.12. The number of halogens is 1. The molecule has 2 N–H and O–H groups in total. The summed E-state index contributed by atoms with van der Waals surface area (Å²) < 4.78 is 24.4. The van der Waals surface area contributed by atoms with E-state index in [1.807, 2.05) is 24.3 Å². The number of ketones is 2. The highest BCUT2D eigenvalue weighted by Gasteiger charge is 2.48. The minimum atomic E-state index is -3.76. The van der Waals surface area contributed by atoms with Crippen molar-refractivity contribution in [2.75, 3.05) is 6.54 Å². The first-order chi connectivity index (χ1) is 18.2. The van der Waals surface area contributed by atoms with Crippen LogP contribution in [-0.4, -0.2) is 31.4 Å². The topological polar surface area (TPSA) is 97.5 Å². The van der Waals surface area contributed by atoms with E-state index in [1.54, 1.807) is 12.1 Å². The highest BCUT2D eigenvalue weighted by atomic mass is 79.9. The second kappa shape index (κ2) is 9.82. The minimum Gasteiger partial charge on any atom is -0.347 e. The second-order valence-corrected chi connectivity index (χ2v) is 15.2. The normalized spacial score (nSPS) is 21.2. The molecule has 5 rings (SSSR count). The molecule has 1 aliphatic heterocycles. The molecule has 8 heteroatoms. The van der Waals surface area contributed by atoms with E-state index in [-0.39, 0.29) is 33.2 Å². The monoisotopic (exact) mass is 610 g/mol. The van der Waals surface area contributed by atoms with Crippen molar-refractivity contribution in [3.8, 4) is 0 Å². The van der Waals surface area contributed by atoms with Gasteiger partial charge in [0.05, 0.1) is 4.90 Å². The largest absolute Gasteiger partial charge is 0.347 e. The third-order valence-electron chi connectivity index (χ3n) is 8.10. The Morgan fingerprint density at radius 1 is 0.821 bits per heavy atom. The maximum atomic E-state index is 13.9. The molecule has 6 nitrogen and oxygen atoms in total. The minimum absolute atomic E-state index is 0.0794. The first kappa shape index (κ1) is 28.0. The van der Waals surface area contributed by atoms with Crippen LogP contribution < -0.4 is 5.14 Å². The number of rotatable bonds is 5. The van der Waals surface area contributed by atoms with Gasteiger partial charge in [-0.1, -0.05) is 67.9 Å². The van der Waals surface area contributed by atoms with E-state index in [0.717, 1.165) is 51.0 Å². The highest BCUT2D eigenvalue weighted by Crippen LogP contribution is 2.54. The third kappa shape index (κ3) is 5.56. The number of allylic oxidation sites excluding steroid dienone is 4. The summed E-state index contributed by atoms with van der Waals surface area (Å²) in [7, 11) is -3.76. The molecule has 0 unspecified atom stereocenters. The molecule has 2 aromatic rings. The molecule has 2 aromatic carbocycles. The molecule has 206 valence electrons. The Morgan fingerprint density at radius 3 is 1.77 bits per heavy atom. The third-order valence-corrected chi connectivity index (χ3v) is 9.56. The quantitative estimate of drug-likeness (QED) is 0.446. The van der Waals surface area contributed by atoms with E-state index >= 15 is 0 Å². The molecule has 0 atom stereocenters. The summed E-state index contributed by atoms with van der Waals surface area (Å²) in [5.74, 6) is -0.137. The number of carbonyl (C=O) groups is 2. The standard InChI is InChI=1S/C31H35BrN2O4S/c1-30(2)15-23-28(25(35)17-30)27(20-7-9-21(32)10-8-20)29-24(16-31(3,4)18-26(29)36)34(23)14-13-19-5-11-22(12-6-19)39(33,37)38/h5-12,27H,13-18H2,1-4H3,(H2,33,37,38). The van der Waals surface area contributed by atoms with Gasteiger partial charge in [-0.25, -0.2) is 13.6 Å². The lowest BCUT2D eigenvalue weighted by Gasteiger charge is -2.49. The average Bonchev–Trinajstić information content (AvgIpc) is 2.81. The fourth-order valence-electron chi connectivity index (χ4n) is 6.39. The average molecular weight is 612 g/mol. The maximum absolute atomic E-state index is 13.9. The van der Waals surface area contributed by atoms with Gasteiger partial charge in [0.2, 0.25) is 10.0 Å². The number of sulfonamides is 1. The summed E-state index contributed by atoms with van der Waals surface area (Å²) >= 11 is 3.52. The molecule has 0 amide bonds. The van der Waals surface area contributed by atoms with Crippen LogP contribution in [-0.2, 0) is 26.0 Å². The molecular weight excluding hydrogens is 576 g/mol. The highest BCUT2D eigenvalue weighted by molar-refractivity contribution is 9.10. The fraction of sp³-hybridized carbons (Fsp3) is 0.419. The Labute approximate surface area is 239 Å². The molecule has 0 spiro atoms. The zero-order valence-electron chi connectivity index (χ0n) is 22.9. The van der Waals surface area contributed by atoms with Crippen molar-refractivity contribution in [2.45, 2.75) is 70.6 Å². The predicted molar refractivity (Wildman–Crippen MR) is 155 cm³/mol. The van der Waals surface area contributed by atoms with Crippen LogP contribution in [0, 0.1) is 10.8 Å². The Hall–Kier alpha value is -2.55. The number of carbonyl (C=O) groups excluding carboxylic acids is 2. The van der Waals surface area contributed by atoms with Crippen LogP contribution in [0.25, 0.3) is 0 Å². The molecule has 1 heterocycles.